The second-order valence-corrected chi connectivity index (χ2v) is 5.40. The summed E-state index contributed by atoms with van der Waals surface area (Å²) in [4.78, 5) is 26.1. The van der Waals surface area contributed by atoms with Crippen molar-refractivity contribution in [2.24, 2.45) is 0 Å². The van der Waals surface area contributed by atoms with Crippen molar-refractivity contribution in [3.63, 3.8) is 0 Å². The molecule has 0 bridgehead atoms. The molecule has 0 unspecified atom stereocenters. The first-order valence-electron chi connectivity index (χ1n) is 7.26. The van der Waals surface area contributed by atoms with Gasteiger partial charge in [-0.05, 0) is 24.3 Å². The van der Waals surface area contributed by atoms with Crippen molar-refractivity contribution in [1.29, 1.82) is 0 Å². The van der Waals surface area contributed by atoms with E-state index >= 15 is 0 Å². The van der Waals surface area contributed by atoms with Gasteiger partial charge in [-0.15, -0.1) is 0 Å². The molecule has 1 aromatic heterocycles. The lowest BCUT2D eigenvalue weighted by molar-refractivity contribution is -0.139. The summed E-state index contributed by atoms with van der Waals surface area (Å²) in [5.74, 6) is -1.34. The highest BCUT2D eigenvalue weighted by Crippen LogP contribution is 2.35. The quantitative estimate of drug-likeness (QED) is 0.848. The second-order valence-electron chi connectivity index (χ2n) is 5.02. The number of halogens is 1. The van der Waals surface area contributed by atoms with E-state index in [2.05, 4.69) is 10.2 Å². The molecular weight excluding hydrogens is 346 g/mol. The predicted octanol–water partition coefficient (Wildman–Crippen LogP) is 2.71. The molecule has 8 heteroatoms. The largest absolute Gasteiger partial charge is 0.465 e. The van der Waals surface area contributed by atoms with Crippen LogP contribution in [0.4, 0.5) is 5.69 Å². The molecule has 7 nitrogen and oxygen atoms in total. The van der Waals surface area contributed by atoms with Gasteiger partial charge in [-0.2, -0.15) is 5.10 Å². The van der Waals surface area contributed by atoms with Crippen molar-refractivity contribution >= 4 is 40.1 Å². The molecule has 2 heterocycles. The standard InChI is InChI=1S/C17H14ClN3O4/c1-24-16(22)10-6-3-4-9-21(14(10)17(23)25-2)12-8-5-7-11-13(12)15(18)20-19-11/h3-9H,1-2H3,(H,19,20). The number of nitrogens with zero attached hydrogens (tertiary/aromatic N) is 2. The van der Waals surface area contributed by atoms with Crippen molar-refractivity contribution < 1.29 is 19.1 Å². The molecule has 1 N–H and O–H groups in total. The van der Waals surface area contributed by atoms with Gasteiger partial charge in [0.05, 0.1) is 36.4 Å². The summed E-state index contributed by atoms with van der Waals surface area (Å²) in [6, 6.07) is 5.31. The van der Waals surface area contributed by atoms with E-state index in [9.17, 15) is 9.59 Å². The van der Waals surface area contributed by atoms with Crippen molar-refractivity contribution in [2.45, 2.75) is 0 Å². The van der Waals surface area contributed by atoms with Crippen LogP contribution in [0.1, 0.15) is 0 Å². The highest BCUT2D eigenvalue weighted by molar-refractivity contribution is 6.35. The van der Waals surface area contributed by atoms with Crippen LogP contribution >= 0.6 is 11.6 Å². The molecule has 0 spiro atoms. The van der Waals surface area contributed by atoms with Gasteiger partial charge in [-0.25, -0.2) is 9.59 Å². The molecule has 0 saturated heterocycles. The number of carbonyl (C=O) groups is 2. The minimum absolute atomic E-state index is 0.0177. The van der Waals surface area contributed by atoms with Crippen molar-refractivity contribution in [3.05, 3.63) is 59.1 Å². The first kappa shape index (κ1) is 16.8. The zero-order valence-corrected chi connectivity index (χ0v) is 14.2. The number of methoxy groups -OCH3 is 2. The molecule has 3 rings (SSSR count). The van der Waals surface area contributed by atoms with Crippen molar-refractivity contribution in [2.75, 3.05) is 19.1 Å². The number of nitrogens with one attached hydrogen (secondary N) is 1. The van der Waals surface area contributed by atoms with Crippen molar-refractivity contribution in [1.82, 2.24) is 10.2 Å². The lowest BCUT2D eigenvalue weighted by Crippen LogP contribution is -2.27. The summed E-state index contributed by atoms with van der Waals surface area (Å²) in [6.07, 6.45) is 6.44. The van der Waals surface area contributed by atoms with Crippen molar-refractivity contribution in [3.8, 4) is 0 Å². The van der Waals surface area contributed by atoms with Gasteiger partial charge in [0.2, 0.25) is 0 Å². The van der Waals surface area contributed by atoms with E-state index in [-0.39, 0.29) is 11.3 Å². The maximum atomic E-state index is 12.4. The van der Waals surface area contributed by atoms with E-state index in [0.717, 1.165) is 0 Å². The Bertz CT molecular complexity index is 943. The number of aromatic nitrogens is 2. The molecule has 25 heavy (non-hydrogen) atoms. The molecule has 0 amide bonds. The molecule has 1 aliphatic rings. The Labute approximate surface area is 148 Å². The Morgan fingerprint density at radius 1 is 1.16 bits per heavy atom. The minimum Gasteiger partial charge on any atom is -0.465 e. The summed E-state index contributed by atoms with van der Waals surface area (Å²) in [5.41, 5.74) is 1.27. The number of hydrogen-bond donors (Lipinski definition) is 1. The Hall–Kier alpha value is -3.06. The minimum atomic E-state index is -0.687. The first-order chi connectivity index (χ1) is 12.1. The van der Waals surface area contributed by atoms with Gasteiger partial charge in [0.15, 0.2) is 0 Å². The first-order valence-corrected chi connectivity index (χ1v) is 7.64. The molecule has 0 aliphatic carbocycles. The highest BCUT2D eigenvalue weighted by Gasteiger charge is 2.28. The Kier molecular flexibility index (Phi) is 4.58. The van der Waals surface area contributed by atoms with Gasteiger partial charge in [-0.1, -0.05) is 23.7 Å². The molecule has 0 radical (unpaired) electrons. The lowest BCUT2D eigenvalue weighted by atomic mass is 10.1. The predicted molar refractivity (Wildman–Crippen MR) is 92.9 cm³/mol. The summed E-state index contributed by atoms with van der Waals surface area (Å²) < 4.78 is 9.67. The van der Waals surface area contributed by atoms with Crippen LogP contribution in [0.3, 0.4) is 0 Å². The molecule has 1 aliphatic heterocycles. The van der Waals surface area contributed by atoms with E-state index in [1.807, 2.05) is 0 Å². The second kappa shape index (κ2) is 6.82. The number of aromatic amines is 1. The number of benzene rings is 1. The summed E-state index contributed by atoms with van der Waals surface area (Å²) in [6.45, 7) is 0. The fourth-order valence-corrected chi connectivity index (χ4v) is 2.80. The SMILES string of the molecule is COC(=O)C1=C(C(=O)OC)N(c2cccc3n[nH]c(Cl)c23)C=CC=C1. The molecule has 0 saturated carbocycles. The van der Waals surface area contributed by atoms with E-state index < -0.39 is 11.9 Å². The lowest BCUT2D eigenvalue weighted by Gasteiger charge is -2.23. The van der Waals surface area contributed by atoms with Crippen LogP contribution < -0.4 is 4.90 Å². The fraction of sp³-hybridized carbons (Fsp3) is 0.118. The number of carbonyl (C=O) groups excluding carboxylic acids is 2. The molecule has 0 atom stereocenters. The number of anilines is 1. The summed E-state index contributed by atoms with van der Waals surface area (Å²) in [5, 5.41) is 7.74. The normalized spacial score (nSPS) is 14.0. The molecule has 1 aromatic carbocycles. The third-order valence-corrected chi connectivity index (χ3v) is 3.94. The van der Waals surface area contributed by atoms with Crippen LogP contribution in [0.5, 0.6) is 0 Å². The molecule has 128 valence electrons. The van der Waals surface area contributed by atoms with Crippen LogP contribution in [0.15, 0.2) is 53.9 Å². The Morgan fingerprint density at radius 3 is 2.64 bits per heavy atom. The average Bonchev–Trinajstić information content (AvgIpc) is 2.88. The topological polar surface area (TPSA) is 84.5 Å². The highest BCUT2D eigenvalue weighted by atomic mass is 35.5. The number of ether oxygens (including phenoxy) is 2. The maximum Gasteiger partial charge on any atom is 0.355 e. The third kappa shape index (κ3) is 2.89. The summed E-state index contributed by atoms with van der Waals surface area (Å²) in [7, 11) is 2.49. The smallest absolute Gasteiger partial charge is 0.355 e. The van der Waals surface area contributed by atoms with Gasteiger partial charge in [0.25, 0.3) is 0 Å². The van der Waals surface area contributed by atoms with Gasteiger partial charge in [-0.3, -0.25) is 5.10 Å². The third-order valence-electron chi connectivity index (χ3n) is 3.66. The van der Waals surface area contributed by atoms with Gasteiger partial charge >= 0.3 is 11.9 Å². The number of hydrogen-bond acceptors (Lipinski definition) is 6. The zero-order valence-electron chi connectivity index (χ0n) is 13.4. The van der Waals surface area contributed by atoms with E-state index in [0.29, 0.717) is 21.7 Å². The molecule has 0 fully saturated rings. The van der Waals surface area contributed by atoms with Crippen LogP contribution in [-0.4, -0.2) is 36.4 Å². The number of esters is 2. The molecule has 2 aromatic rings. The van der Waals surface area contributed by atoms with E-state index in [1.54, 1.807) is 36.6 Å². The number of fused-ring (bicyclic) bond motifs is 1. The monoisotopic (exact) mass is 359 g/mol. The number of H-pyrrole nitrogens is 1. The average molecular weight is 360 g/mol. The summed E-state index contributed by atoms with van der Waals surface area (Å²) >= 11 is 6.22. The van der Waals surface area contributed by atoms with E-state index in [1.165, 1.54) is 25.2 Å². The Balaban J connectivity index is 2.29. The van der Waals surface area contributed by atoms with Crippen LogP contribution in [-0.2, 0) is 19.1 Å². The number of rotatable bonds is 3. The number of allylic oxidation sites excluding steroid dienone is 2. The van der Waals surface area contributed by atoms with Crippen LogP contribution in [0, 0.1) is 0 Å². The van der Waals surface area contributed by atoms with Crippen LogP contribution in [0.25, 0.3) is 10.9 Å². The van der Waals surface area contributed by atoms with Gasteiger partial charge in [0, 0.05) is 6.20 Å². The van der Waals surface area contributed by atoms with Crippen LogP contribution in [0.2, 0.25) is 5.15 Å². The van der Waals surface area contributed by atoms with Gasteiger partial charge in [0.1, 0.15) is 10.9 Å². The molecular formula is C17H14ClN3O4. The zero-order chi connectivity index (χ0) is 18.0. The fourth-order valence-electron chi connectivity index (χ4n) is 2.56. The maximum absolute atomic E-state index is 12.4. The van der Waals surface area contributed by atoms with E-state index in [4.69, 9.17) is 21.1 Å². The van der Waals surface area contributed by atoms with Gasteiger partial charge < -0.3 is 14.4 Å². The Morgan fingerprint density at radius 2 is 1.92 bits per heavy atom.